The number of unbranched alkanes of at least 4 members (excludes halogenated alkanes) is 1. The van der Waals surface area contributed by atoms with Gasteiger partial charge in [-0.3, -0.25) is 4.98 Å². The summed E-state index contributed by atoms with van der Waals surface area (Å²) in [5.74, 6) is 0. The molecular weight excluding hydrogens is 194 g/mol. The maximum absolute atomic E-state index is 4.20. The lowest BCUT2D eigenvalue weighted by molar-refractivity contribution is 0.886. The van der Waals surface area contributed by atoms with Gasteiger partial charge in [0.2, 0.25) is 0 Å². The lowest BCUT2D eigenvalue weighted by atomic mass is 10.1. The maximum Gasteiger partial charge on any atom is 0.0404 e. The van der Waals surface area contributed by atoms with E-state index in [4.69, 9.17) is 0 Å². The number of pyridine rings is 1. The van der Waals surface area contributed by atoms with Crippen molar-refractivity contribution in [3.63, 3.8) is 0 Å². The minimum atomic E-state index is 1.15. The van der Waals surface area contributed by atoms with Crippen LogP contribution in [0.4, 0.5) is 0 Å². The Labute approximate surface area is 102 Å². The first kappa shape index (κ1) is 17.5. The molecule has 1 aromatic rings. The summed E-state index contributed by atoms with van der Waals surface area (Å²) in [6.07, 6.45) is 6.83. The number of nitrogens with zero attached hydrogens (tertiary/aromatic N) is 1. The molecule has 0 aliphatic rings. The van der Waals surface area contributed by atoms with Crippen molar-refractivity contribution in [1.82, 2.24) is 4.98 Å². The molecule has 1 rings (SSSR count). The second-order valence-electron chi connectivity index (χ2n) is 3.50. The summed E-state index contributed by atoms with van der Waals surface area (Å²) in [4.78, 5) is 4.20. The standard InChI is InChI=1S/C9H13N.C4H10.C2H6/c1-3-5-9-6-4-7-10-8(9)2;1-3-4-2;1-2/h4,6-7H,3,5H2,1-2H3;3-4H2,1-2H3;1-2H3. The minimum absolute atomic E-state index is 1.15. The molecule has 0 aromatic carbocycles. The molecule has 0 amide bonds. The van der Waals surface area contributed by atoms with E-state index in [9.17, 15) is 0 Å². The van der Waals surface area contributed by atoms with Gasteiger partial charge >= 0.3 is 0 Å². The van der Waals surface area contributed by atoms with Gasteiger partial charge in [0.1, 0.15) is 0 Å². The monoisotopic (exact) mass is 223 g/mol. The van der Waals surface area contributed by atoms with Gasteiger partial charge in [-0.05, 0) is 25.0 Å². The van der Waals surface area contributed by atoms with Crippen molar-refractivity contribution in [2.24, 2.45) is 0 Å². The Morgan fingerprint density at radius 3 is 1.94 bits per heavy atom. The Morgan fingerprint density at radius 1 is 1.00 bits per heavy atom. The molecule has 0 N–H and O–H groups in total. The van der Waals surface area contributed by atoms with Crippen LogP contribution in [0, 0.1) is 6.92 Å². The third-order valence-corrected chi connectivity index (χ3v) is 2.14. The topological polar surface area (TPSA) is 12.9 Å². The Kier molecular flexibility index (Phi) is 15.5. The van der Waals surface area contributed by atoms with Crippen LogP contribution in [0.2, 0.25) is 0 Å². The normalized spacial score (nSPS) is 8.38. The van der Waals surface area contributed by atoms with Gasteiger partial charge in [-0.1, -0.05) is 59.9 Å². The molecule has 1 nitrogen and oxygen atoms in total. The molecular formula is C15H29N. The highest BCUT2D eigenvalue weighted by Gasteiger charge is 1.93. The van der Waals surface area contributed by atoms with Crippen molar-refractivity contribution < 1.29 is 0 Å². The largest absolute Gasteiger partial charge is 0.261 e. The van der Waals surface area contributed by atoms with Crippen LogP contribution in [-0.2, 0) is 6.42 Å². The highest BCUT2D eigenvalue weighted by molar-refractivity contribution is 5.17. The zero-order chi connectivity index (χ0) is 12.8. The van der Waals surface area contributed by atoms with E-state index in [1.165, 1.54) is 30.5 Å². The number of rotatable bonds is 3. The molecule has 0 saturated carbocycles. The molecule has 0 aliphatic heterocycles. The first-order valence-corrected chi connectivity index (χ1v) is 6.66. The Morgan fingerprint density at radius 2 is 1.56 bits per heavy atom. The quantitative estimate of drug-likeness (QED) is 0.688. The van der Waals surface area contributed by atoms with E-state index in [0.717, 1.165) is 6.42 Å². The molecule has 94 valence electrons. The van der Waals surface area contributed by atoms with Crippen molar-refractivity contribution in [2.45, 2.75) is 67.2 Å². The minimum Gasteiger partial charge on any atom is -0.261 e. The Hall–Kier alpha value is -0.850. The van der Waals surface area contributed by atoms with Gasteiger partial charge in [0.05, 0.1) is 0 Å². The summed E-state index contributed by atoms with van der Waals surface area (Å²) in [5, 5.41) is 0. The van der Waals surface area contributed by atoms with Gasteiger partial charge in [0.15, 0.2) is 0 Å². The van der Waals surface area contributed by atoms with Crippen molar-refractivity contribution in [3.8, 4) is 0 Å². The second kappa shape index (κ2) is 14.2. The van der Waals surface area contributed by atoms with Gasteiger partial charge in [0, 0.05) is 11.9 Å². The van der Waals surface area contributed by atoms with Crippen molar-refractivity contribution in [3.05, 3.63) is 29.6 Å². The first-order valence-electron chi connectivity index (χ1n) is 6.66. The number of hydrogen-bond donors (Lipinski definition) is 0. The van der Waals surface area contributed by atoms with E-state index < -0.39 is 0 Å². The third-order valence-electron chi connectivity index (χ3n) is 2.14. The Balaban J connectivity index is 0. The van der Waals surface area contributed by atoms with Crippen molar-refractivity contribution in [2.75, 3.05) is 0 Å². The van der Waals surface area contributed by atoms with Gasteiger partial charge in [-0.15, -0.1) is 0 Å². The van der Waals surface area contributed by atoms with Crippen molar-refractivity contribution >= 4 is 0 Å². The van der Waals surface area contributed by atoms with E-state index in [1.807, 2.05) is 26.1 Å². The van der Waals surface area contributed by atoms with Gasteiger partial charge in [-0.2, -0.15) is 0 Å². The van der Waals surface area contributed by atoms with Crippen LogP contribution < -0.4 is 0 Å². The zero-order valence-corrected chi connectivity index (χ0v) is 12.0. The van der Waals surface area contributed by atoms with Crippen LogP contribution >= 0.6 is 0 Å². The molecule has 0 spiro atoms. The summed E-state index contributed by atoms with van der Waals surface area (Å²) in [6.45, 7) is 12.6. The number of aryl methyl sites for hydroxylation is 2. The summed E-state index contributed by atoms with van der Waals surface area (Å²) >= 11 is 0. The highest BCUT2D eigenvalue weighted by atomic mass is 14.7. The third kappa shape index (κ3) is 9.70. The van der Waals surface area contributed by atoms with Crippen LogP contribution in [0.1, 0.15) is 65.1 Å². The van der Waals surface area contributed by atoms with Gasteiger partial charge in [0.25, 0.3) is 0 Å². The van der Waals surface area contributed by atoms with Crippen LogP contribution in [0.3, 0.4) is 0 Å². The maximum atomic E-state index is 4.20. The summed E-state index contributed by atoms with van der Waals surface area (Å²) in [6, 6.07) is 4.14. The molecule has 0 saturated heterocycles. The average Bonchev–Trinajstić information content (AvgIpc) is 2.35. The fourth-order valence-corrected chi connectivity index (χ4v) is 1.05. The highest BCUT2D eigenvalue weighted by Crippen LogP contribution is 2.05. The smallest absolute Gasteiger partial charge is 0.0404 e. The average molecular weight is 223 g/mol. The SMILES string of the molecule is CC.CCCC.CCCc1cccnc1C. The molecule has 1 aromatic heterocycles. The molecule has 1 heterocycles. The van der Waals surface area contributed by atoms with E-state index in [2.05, 4.69) is 38.7 Å². The molecule has 1 heteroatoms. The number of hydrogen-bond acceptors (Lipinski definition) is 1. The molecule has 0 bridgehead atoms. The predicted octanol–water partition coefficient (Wildman–Crippen LogP) is 5.18. The fourth-order valence-electron chi connectivity index (χ4n) is 1.05. The number of aromatic nitrogens is 1. The van der Waals surface area contributed by atoms with Crippen LogP contribution in [-0.4, -0.2) is 4.98 Å². The first-order chi connectivity index (χ1) is 7.76. The van der Waals surface area contributed by atoms with E-state index >= 15 is 0 Å². The molecule has 0 aliphatic carbocycles. The van der Waals surface area contributed by atoms with E-state index in [-0.39, 0.29) is 0 Å². The summed E-state index contributed by atoms with van der Waals surface area (Å²) in [5.41, 5.74) is 2.55. The molecule has 0 atom stereocenters. The molecule has 0 unspecified atom stereocenters. The summed E-state index contributed by atoms with van der Waals surface area (Å²) < 4.78 is 0. The van der Waals surface area contributed by atoms with Crippen LogP contribution in [0.25, 0.3) is 0 Å². The summed E-state index contributed by atoms with van der Waals surface area (Å²) in [7, 11) is 0. The lowest BCUT2D eigenvalue weighted by Gasteiger charge is -2.00. The Bertz CT molecular complexity index is 229. The predicted molar refractivity (Wildman–Crippen MR) is 74.9 cm³/mol. The van der Waals surface area contributed by atoms with E-state index in [1.54, 1.807) is 0 Å². The van der Waals surface area contributed by atoms with Gasteiger partial charge in [-0.25, -0.2) is 0 Å². The fraction of sp³-hybridized carbons (Fsp3) is 0.667. The molecule has 0 fully saturated rings. The van der Waals surface area contributed by atoms with E-state index in [0.29, 0.717) is 0 Å². The van der Waals surface area contributed by atoms with Gasteiger partial charge < -0.3 is 0 Å². The van der Waals surface area contributed by atoms with Crippen LogP contribution in [0.5, 0.6) is 0 Å². The lowest BCUT2D eigenvalue weighted by Crippen LogP contribution is -1.89. The molecule has 0 radical (unpaired) electrons. The zero-order valence-electron chi connectivity index (χ0n) is 12.0. The van der Waals surface area contributed by atoms with Crippen LogP contribution in [0.15, 0.2) is 18.3 Å². The molecule has 16 heavy (non-hydrogen) atoms. The van der Waals surface area contributed by atoms with Crippen molar-refractivity contribution in [1.29, 1.82) is 0 Å². The second-order valence-corrected chi connectivity index (χ2v) is 3.50.